The third kappa shape index (κ3) is 4.82. The van der Waals surface area contributed by atoms with Gasteiger partial charge in [0.2, 0.25) is 0 Å². The Labute approximate surface area is 122 Å². The molecule has 0 atom stereocenters. The van der Waals surface area contributed by atoms with Gasteiger partial charge in [-0.1, -0.05) is 23.7 Å². The summed E-state index contributed by atoms with van der Waals surface area (Å²) < 4.78 is 58.2. The van der Waals surface area contributed by atoms with E-state index in [1.807, 2.05) is 0 Å². The number of benzene rings is 2. The summed E-state index contributed by atoms with van der Waals surface area (Å²) in [6.45, 7) is 0.0768. The first kappa shape index (κ1) is 15.4. The summed E-state index contributed by atoms with van der Waals surface area (Å²) in [6.07, 6.45) is -4.72. The molecule has 0 radical (unpaired) electrons. The van der Waals surface area contributed by atoms with Crippen LogP contribution in [0.4, 0.5) is 17.6 Å². The summed E-state index contributed by atoms with van der Waals surface area (Å²) in [6, 6.07) is 9.17. The highest BCUT2D eigenvalue weighted by Gasteiger charge is 2.30. The minimum atomic E-state index is -4.72. The molecule has 2 nitrogen and oxygen atoms in total. The maximum atomic E-state index is 13.2. The normalized spacial score (nSPS) is 11.3. The van der Waals surface area contributed by atoms with Gasteiger partial charge >= 0.3 is 6.36 Å². The molecule has 2 rings (SSSR count). The fraction of sp³-hybridized carbons (Fsp3) is 0.143. The summed E-state index contributed by atoms with van der Waals surface area (Å²) in [5, 5.41) is -0.0176. The second kappa shape index (κ2) is 6.22. The molecule has 21 heavy (non-hydrogen) atoms. The van der Waals surface area contributed by atoms with Gasteiger partial charge in [0.1, 0.15) is 23.9 Å². The lowest BCUT2D eigenvalue weighted by atomic mass is 10.2. The van der Waals surface area contributed by atoms with Gasteiger partial charge in [-0.15, -0.1) is 13.2 Å². The van der Waals surface area contributed by atoms with E-state index in [0.29, 0.717) is 5.56 Å². The average molecular weight is 321 g/mol. The molecule has 0 aliphatic carbocycles. The van der Waals surface area contributed by atoms with Gasteiger partial charge in [0, 0.05) is 6.07 Å². The monoisotopic (exact) mass is 320 g/mol. The van der Waals surface area contributed by atoms with Crippen molar-refractivity contribution >= 4 is 11.6 Å². The molecule has 0 unspecified atom stereocenters. The SMILES string of the molecule is Fc1cc(OCc2ccc(OC(F)(F)F)cc2)ccc1Cl. The third-order valence-electron chi connectivity index (χ3n) is 2.45. The fourth-order valence-electron chi connectivity index (χ4n) is 1.52. The zero-order valence-corrected chi connectivity index (χ0v) is 11.2. The van der Waals surface area contributed by atoms with Crippen molar-refractivity contribution in [2.45, 2.75) is 13.0 Å². The van der Waals surface area contributed by atoms with Crippen LogP contribution in [0.2, 0.25) is 5.02 Å². The first-order chi connectivity index (χ1) is 9.83. The van der Waals surface area contributed by atoms with Crippen molar-refractivity contribution in [1.29, 1.82) is 0 Å². The van der Waals surface area contributed by atoms with Crippen molar-refractivity contribution in [2.24, 2.45) is 0 Å². The van der Waals surface area contributed by atoms with Crippen molar-refractivity contribution in [3.05, 3.63) is 58.9 Å². The highest BCUT2D eigenvalue weighted by Crippen LogP contribution is 2.24. The van der Waals surface area contributed by atoms with Crippen LogP contribution >= 0.6 is 11.6 Å². The van der Waals surface area contributed by atoms with E-state index < -0.39 is 12.2 Å². The van der Waals surface area contributed by atoms with Crippen molar-refractivity contribution < 1.29 is 27.0 Å². The largest absolute Gasteiger partial charge is 0.573 e. The summed E-state index contributed by atoms with van der Waals surface area (Å²) >= 11 is 5.53. The predicted molar refractivity (Wildman–Crippen MR) is 68.9 cm³/mol. The molecule has 2 aromatic rings. The first-order valence-corrected chi connectivity index (χ1v) is 6.14. The molecule has 0 aromatic heterocycles. The van der Waals surface area contributed by atoms with E-state index in [-0.39, 0.29) is 23.1 Å². The lowest BCUT2D eigenvalue weighted by molar-refractivity contribution is -0.274. The van der Waals surface area contributed by atoms with E-state index >= 15 is 0 Å². The van der Waals surface area contributed by atoms with E-state index in [2.05, 4.69) is 4.74 Å². The molecule has 0 fully saturated rings. The number of hydrogen-bond acceptors (Lipinski definition) is 2. The minimum absolute atomic E-state index is 0.0176. The number of hydrogen-bond donors (Lipinski definition) is 0. The lowest BCUT2D eigenvalue weighted by Gasteiger charge is -2.10. The second-order valence-corrected chi connectivity index (χ2v) is 4.46. The summed E-state index contributed by atoms with van der Waals surface area (Å²) in [7, 11) is 0. The smallest absolute Gasteiger partial charge is 0.489 e. The van der Waals surface area contributed by atoms with Crippen molar-refractivity contribution in [3.8, 4) is 11.5 Å². The summed E-state index contributed by atoms with van der Waals surface area (Å²) in [5.41, 5.74) is 0.611. The summed E-state index contributed by atoms with van der Waals surface area (Å²) in [5.74, 6) is -0.653. The van der Waals surface area contributed by atoms with Crippen LogP contribution in [0.25, 0.3) is 0 Å². The fourth-order valence-corrected chi connectivity index (χ4v) is 1.64. The lowest BCUT2D eigenvalue weighted by Crippen LogP contribution is -2.17. The number of alkyl halides is 3. The van der Waals surface area contributed by atoms with Crippen LogP contribution in [0.15, 0.2) is 42.5 Å². The standard InChI is InChI=1S/C14H9ClF4O2/c15-12-6-5-11(7-13(12)16)20-8-9-1-3-10(4-2-9)21-14(17,18)19/h1-7H,8H2. The van der Waals surface area contributed by atoms with Crippen LogP contribution in [0.1, 0.15) is 5.56 Å². The van der Waals surface area contributed by atoms with E-state index in [0.717, 1.165) is 6.07 Å². The van der Waals surface area contributed by atoms with Crippen molar-refractivity contribution in [3.63, 3.8) is 0 Å². The van der Waals surface area contributed by atoms with Crippen LogP contribution in [0.3, 0.4) is 0 Å². The van der Waals surface area contributed by atoms with Gasteiger partial charge in [0.15, 0.2) is 0 Å². The van der Waals surface area contributed by atoms with Crippen LogP contribution in [-0.4, -0.2) is 6.36 Å². The predicted octanol–water partition coefficient (Wildman–Crippen LogP) is 4.96. The first-order valence-electron chi connectivity index (χ1n) is 5.76. The van der Waals surface area contributed by atoms with E-state index in [1.54, 1.807) is 0 Å². The van der Waals surface area contributed by atoms with Gasteiger partial charge < -0.3 is 9.47 Å². The molecule has 0 saturated carbocycles. The molecule has 0 saturated heterocycles. The van der Waals surface area contributed by atoms with Gasteiger partial charge in [-0.2, -0.15) is 0 Å². The topological polar surface area (TPSA) is 18.5 Å². The molecular formula is C14H9ClF4O2. The average Bonchev–Trinajstić information content (AvgIpc) is 2.40. The Hall–Kier alpha value is -1.95. The van der Waals surface area contributed by atoms with Crippen LogP contribution in [0.5, 0.6) is 11.5 Å². The quantitative estimate of drug-likeness (QED) is 0.742. The molecule has 0 N–H and O–H groups in total. The molecule has 0 bridgehead atoms. The summed E-state index contributed by atoms with van der Waals surface area (Å²) in [4.78, 5) is 0. The Bertz CT molecular complexity index is 611. The molecule has 0 amide bonds. The van der Waals surface area contributed by atoms with Gasteiger partial charge in [0.05, 0.1) is 5.02 Å². The molecule has 0 spiro atoms. The van der Waals surface area contributed by atoms with Gasteiger partial charge in [-0.25, -0.2) is 4.39 Å². The molecule has 0 aliphatic heterocycles. The molecule has 7 heteroatoms. The molecule has 0 aliphatic rings. The van der Waals surface area contributed by atoms with E-state index in [4.69, 9.17) is 16.3 Å². The zero-order chi connectivity index (χ0) is 15.5. The third-order valence-corrected chi connectivity index (χ3v) is 2.76. The highest BCUT2D eigenvalue weighted by molar-refractivity contribution is 6.30. The van der Waals surface area contributed by atoms with Crippen LogP contribution in [0, 0.1) is 5.82 Å². The van der Waals surface area contributed by atoms with Crippen LogP contribution in [-0.2, 0) is 6.61 Å². The Morgan fingerprint density at radius 3 is 2.14 bits per heavy atom. The Morgan fingerprint density at radius 2 is 1.57 bits per heavy atom. The number of ether oxygens (including phenoxy) is 2. The Kier molecular flexibility index (Phi) is 4.57. The maximum Gasteiger partial charge on any atom is 0.573 e. The second-order valence-electron chi connectivity index (χ2n) is 4.06. The van der Waals surface area contributed by atoms with E-state index in [9.17, 15) is 17.6 Å². The Morgan fingerprint density at radius 1 is 0.952 bits per heavy atom. The maximum absolute atomic E-state index is 13.2. The van der Waals surface area contributed by atoms with Crippen molar-refractivity contribution in [2.75, 3.05) is 0 Å². The number of rotatable bonds is 4. The van der Waals surface area contributed by atoms with Gasteiger partial charge in [-0.3, -0.25) is 0 Å². The van der Waals surface area contributed by atoms with Gasteiger partial charge in [0.25, 0.3) is 0 Å². The van der Waals surface area contributed by atoms with Crippen molar-refractivity contribution in [1.82, 2.24) is 0 Å². The van der Waals surface area contributed by atoms with Gasteiger partial charge in [-0.05, 0) is 29.8 Å². The Balaban J connectivity index is 1.96. The highest BCUT2D eigenvalue weighted by atomic mass is 35.5. The van der Waals surface area contributed by atoms with E-state index in [1.165, 1.54) is 36.4 Å². The molecular weight excluding hydrogens is 312 g/mol. The molecule has 2 aromatic carbocycles. The molecule has 112 valence electrons. The minimum Gasteiger partial charge on any atom is -0.489 e. The zero-order valence-electron chi connectivity index (χ0n) is 10.5. The van der Waals surface area contributed by atoms with Crippen LogP contribution < -0.4 is 9.47 Å². The molecule has 0 heterocycles. The number of halogens is 5.